The van der Waals surface area contributed by atoms with Gasteiger partial charge in [0.05, 0.1) is 12.1 Å². The van der Waals surface area contributed by atoms with Crippen molar-refractivity contribution in [3.8, 4) is 0 Å². The second-order valence-electron chi connectivity index (χ2n) is 6.61. The lowest BCUT2D eigenvalue weighted by Gasteiger charge is -2.32. The molecule has 0 unspecified atom stereocenters. The van der Waals surface area contributed by atoms with Crippen LogP contribution in [0, 0.1) is 11.8 Å². The van der Waals surface area contributed by atoms with Crippen molar-refractivity contribution in [2.24, 2.45) is 18.9 Å². The third-order valence-electron chi connectivity index (χ3n) is 3.97. The number of likely N-dealkylation sites (tertiary alicyclic amines) is 1. The molecule has 1 atom stereocenters. The molecule has 2 heterocycles. The second-order valence-corrected chi connectivity index (χ2v) is 6.61. The predicted molar refractivity (Wildman–Crippen MR) is 87.6 cm³/mol. The van der Waals surface area contributed by atoms with Gasteiger partial charge in [0.1, 0.15) is 0 Å². The lowest BCUT2D eigenvalue weighted by molar-refractivity contribution is -0.126. The largest absolute Gasteiger partial charge is 0.352 e. The van der Waals surface area contributed by atoms with Crippen LogP contribution in [0.15, 0.2) is 12.4 Å². The maximum atomic E-state index is 12.3. The summed E-state index contributed by atoms with van der Waals surface area (Å²) in [5, 5.41) is 9.94. The summed E-state index contributed by atoms with van der Waals surface area (Å²) < 4.78 is 1.71. The van der Waals surface area contributed by atoms with Crippen molar-refractivity contribution in [3.05, 3.63) is 18.0 Å². The molecule has 1 aromatic rings. The number of nitrogens with zero attached hydrogens (tertiary/aromatic N) is 3. The minimum absolute atomic E-state index is 0.00946. The first-order valence-corrected chi connectivity index (χ1v) is 8.23. The number of urea groups is 1. The van der Waals surface area contributed by atoms with E-state index in [1.54, 1.807) is 15.8 Å². The fourth-order valence-corrected chi connectivity index (χ4v) is 2.68. The van der Waals surface area contributed by atoms with Gasteiger partial charge in [-0.05, 0) is 18.8 Å². The standard InChI is InChI=1S/C16H27N5O2/c1-12(2)7-18-16(23)21-6-4-5-14(11-21)15(22)17-8-13-9-19-20(3)10-13/h9-10,12,14H,4-8,11H2,1-3H3,(H,17,22)(H,18,23)/t14-/m1/s1. The summed E-state index contributed by atoms with van der Waals surface area (Å²) in [6, 6.07) is -0.0662. The van der Waals surface area contributed by atoms with Crippen LogP contribution in [-0.4, -0.2) is 46.3 Å². The highest BCUT2D eigenvalue weighted by Crippen LogP contribution is 2.17. The van der Waals surface area contributed by atoms with E-state index in [1.165, 1.54) is 0 Å². The monoisotopic (exact) mass is 321 g/mol. The van der Waals surface area contributed by atoms with Crippen molar-refractivity contribution in [1.29, 1.82) is 0 Å². The Morgan fingerprint density at radius 3 is 2.83 bits per heavy atom. The summed E-state index contributed by atoms with van der Waals surface area (Å²) in [5.41, 5.74) is 0.975. The SMILES string of the molecule is CC(C)CNC(=O)N1CCC[C@@H](C(=O)NCc2cnn(C)c2)C1. The zero-order valence-electron chi connectivity index (χ0n) is 14.2. The number of carbonyl (C=O) groups excluding carboxylic acids is 2. The maximum absolute atomic E-state index is 12.3. The molecular weight excluding hydrogens is 294 g/mol. The van der Waals surface area contributed by atoms with Gasteiger partial charge in [-0.25, -0.2) is 4.79 Å². The number of amides is 3. The van der Waals surface area contributed by atoms with Gasteiger partial charge >= 0.3 is 6.03 Å². The van der Waals surface area contributed by atoms with Gasteiger partial charge in [-0.3, -0.25) is 9.48 Å². The summed E-state index contributed by atoms with van der Waals surface area (Å²) in [7, 11) is 1.85. The topological polar surface area (TPSA) is 79.3 Å². The Bertz CT molecular complexity index is 540. The minimum Gasteiger partial charge on any atom is -0.352 e. The third-order valence-corrected chi connectivity index (χ3v) is 3.97. The molecule has 1 saturated heterocycles. The summed E-state index contributed by atoms with van der Waals surface area (Å²) in [6.45, 7) is 6.46. The smallest absolute Gasteiger partial charge is 0.317 e. The van der Waals surface area contributed by atoms with Gasteiger partial charge in [-0.15, -0.1) is 0 Å². The number of rotatable bonds is 5. The molecule has 0 aromatic carbocycles. The molecule has 2 N–H and O–H groups in total. The first kappa shape index (κ1) is 17.3. The van der Waals surface area contributed by atoms with Crippen molar-refractivity contribution in [1.82, 2.24) is 25.3 Å². The van der Waals surface area contributed by atoms with Gasteiger partial charge in [0.25, 0.3) is 0 Å². The lowest BCUT2D eigenvalue weighted by Crippen LogP contribution is -2.49. The average Bonchev–Trinajstić information content (AvgIpc) is 2.95. The summed E-state index contributed by atoms with van der Waals surface area (Å²) in [4.78, 5) is 26.2. The summed E-state index contributed by atoms with van der Waals surface area (Å²) in [5.74, 6) is 0.294. The maximum Gasteiger partial charge on any atom is 0.317 e. The highest BCUT2D eigenvalue weighted by molar-refractivity contribution is 5.80. The molecule has 23 heavy (non-hydrogen) atoms. The molecular formula is C16H27N5O2. The third kappa shape index (κ3) is 5.26. The Morgan fingerprint density at radius 1 is 1.39 bits per heavy atom. The van der Waals surface area contributed by atoms with E-state index in [1.807, 2.05) is 13.2 Å². The van der Waals surface area contributed by atoms with Crippen molar-refractivity contribution < 1.29 is 9.59 Å². The number of hydrogen-bond donors (Lipinski definition) is 2. The predicted octanol–water partition coefficient (Wildman–Crippen LogP) is 1.11. The molecule has 0 spiro atoms. The van der Waals surface area contributed by atoms with Crippen molar-refractivity contribution in [2.75, 3.05) is 19.6 Å². The number of carbonyl (C=O) groups is 2. The van der Waals surface area contributed by atoms with Crippen LogP contribution in [0.25, 0.3) is 0 Å². The number of piperidine rings is 1. The normalized spacial score (nSPS) is 18.1. The zero-order valence-corrected chi connectivity index (χ0v) is 14.2. The van der Waals surface area contributed by atoms with Gasteiger partial charge in [0, 0.05) is 45.0 Å². The van der Waals surface area contributed by atoms with Gasteiger partial charge < -0.3 is 15.5 Å². The molecule has 7 nitrogen and oxygen atoms in total. The van der Waals surface area contributed by atoms with E-state index in [9.17, 15) is 9.59 Å². The Labute approximate surface area is 137 Å². The lowest BCUT2D eigenvalue weighted by atomic mass is 9.97. The van der Waals surface area contributed by atoms with E-state index in [-0.39, 0.29) is 17.9 Å². The zero-order chi connectivity index (χ0) is 16.8. The van der Waals surface area contributed by atoms with E-state index >= 15 is 0 Å². The van der Waals surface area contributed by atoms with Crippen LogP contribution in [0.1, 0.15) is 32.3 Å². The van der Waals surface area contributed by atoms with Crippen LogP contribution < -0.4 is 10.6 Å². The molecule has 7 heteroatoms. The Morgan fingerprint density at radius 2 is 2.17 bits per heavy atom. The molecule has 3 amide bonds. The Kier molecular flexibility index (Phi) is 6.01. The molecule has 1 aliphatic rings. The van der Waals surface area contributed by atoms with Crippen molar-refractivity contribution >= 4 is 11.9 Å². The molecule has 1 fully saturated rings. The van der Waals surface area contributed by atoms with Gasteiger partial charge in [-0.2, -0.15) is 5.10 Å². The van der Waals surface area contributed by atoms with Crippen molar-refractivity contribution in [2.45, 2.75) is 33.2 Å². The highest BCUT2D eigenvalue weighted by atomic mass is 16.2. The molecule has 2 rings (SSSR count). The quantitative estimate of drug-likeness (QED) is 0.853. The molecule has 0 aliphatic carbocycles. The van der Waals surface area contributed by atoms with Crippen LogP contribution >= 0.6 is 0 Å². The number of aryl methyl sites for hydroxylation is 1. The Hall–Kier alpha value is -2.05. The average molecular weight is 321 g/mol. The van der Waals surface area contributed by atoms with Gasteiger partial charge in [0.15, 0.2) is 0 Å². The molecule has 0 radical (unpaired) electrons. The molecule has 1 aliphatic heterocycles. The number of aromatic nitrogens is 2. The molecule has 128 valence electrons. The number of nitrogens with one attached hydrogen (secondary N) is 2. The Balaban J connectivity index is 1.80. The molecule has 1 aromatic heterocycles. The van der Waals surface area contributed by atoms with E-state index in [2.05, 4.69) is 29.6 Å². The van der Waals surface area contributed by atoms with E-state index < -0.39 is 0 Å². The van der Waals surface area contributed by atoms with Crippen molar-refractivity contribution in [3.63, 3.8) is 0 Å². The fourth-order valence-electron chi connectivity index (χ4n) is 2.68. The number of hydrogen-bond acceptors (Lipinski definition) is 3. The fraction of sp³-hybridized carbons (Fsp3) is 0.688. The highest BCUT2D eigenvalue weighted by Gasteiger charge is 2.28. The van der Waals surface area contributed by atoms with Gasteiger partial charge in [0.2, 0.25) is 5.91 Å². The molecule has 0 bridgehead atoms. The van der Waals surface area contributed by atoms with Crippen LogP contribution in [0.4, 0.5) is 4.79 Å². The van der Waals surface area contributed by atoms with Crippen LogP contribution in [0.5, 0.6) is 0 Å². The van der Waals surface area contributed by atoms with Gasteiger partial charge in [-0.1, -0.05) is 13.8 Å². The van der Waals surface area contributed by atoms with E-state index in [0.29, 0.717) is 25.6 Å². The summed E-state index contributed by atoms with van der Waals surface area (Å²) in [6.07, 6.45) is 5.31. The summed E-state index contributed by atoms with van der Waals surface area (Å²) >= 11 is 0. The minimum atomic E-state index is -0.134. The van der Waals surface area contributed by atoms with Crippen LogP contribution in [0.2, 0.25) is 0 Å². The first-order chi connectivity index (χ1) is 11.0. The van der Waals surface area contributed by atoms with E-state index in [4.69, 9.17) is 0 Å². The van der Waals surface area contributed by atoms with Crippen LogP contribution in [-0.2, 0) is 18.4 Å². The second kappa shape index (κ2) is 7.99. The van der Waals surface area contributed by atoms with E-state index in [0.717, 1.165) is 24.9 Å². The van der Waals surface area contributed by atoms with Crippen LogP contribution in [0.3, 0.4) is 0 Å². The first-order valence-electron chi connectivity index (χ1n) is 8.23. The molecule has 0 saturated carbocycles.